The SMILES string of the molecule is CN(C(=O)c1cnn(C)c1-c1ccn2nc(-c3ccccc3)nc2c1)C1CC1. The lowest BCUT2D eigenvalue weighted by Crippen LogP contribution is -2.28. The monoisotopic (exact) mass is 372 g/mol. The number of amides is 1. The first-order valence-electron chi connectivity index (χ1n) is 9.33. The van der Waals surface area contributed by atoms with Gasteiger partial charge >= 0.3 is 0 Å². The van der Waals surface area contributed by atoms with E-state index >= 15 is 0 Å². The predicted octanol–water partition coefficient (Wildman–Crippen LogP) is 3.03. The van der Waals surface area contributed by atoms with Crippen LogP contribution < -0.4 is 0 Å². The zero-order valence-electron chi connectivity index (χ0n) is 15.8. The second-order valence-electron chi connectivity index (χ2n) is 7.20. The summed E-state index contributed by atoms with van der Waals surface area (Å²) in [4.78, 5) is 19.4. The highest BCUT2D eigenvalue weighted by atomic mass is 16.2. The maximum atomic E-state index is 12.9. The average molecular weight is 372 g/mol. The molecule has 0 radical (unpaired) electrons. The normalized spacial score (nSPS) is 13.8. The van der Waals surface area contributed by atoms with Crippen LogP contribution in [-0.4, -0.2) is 48.3 Å². The predicted molar refractivity (Wildman–Crippen MR) is 106 cm³/mol. The third-order valence-electron chi connectivity index (χ3n) is 5.23. The number of pyridine rings is 1. The summed E-state index contributed by atoms with van der Waals surface area (Å²) in [6.45, 7) is 0. The van der Waals surface area contributed by atoms with Crippen LogP contribution >= 0.6 is 0 Å². The Morgan fingerprint density at radius 2 is 1.93 bits per heavy atom. The largest absolute Gasteiger partial charge is 0.339 e. The topological polar surface area (TPSA) is 68.3 Å². The Morgan fingerprint density at radius 1 is 1.14 bits per heavy atom. The van der Waals surface area contributed by atoms with Crippen molar-refractivity contribution in [2.24, 2.45) is 7.05 Å². The van der Waals surface area contributed by atoms with Crippen molar-refractivity contribution in [1.29, 1.82) is 0 Å². The van der Waals surface area contributed by atoms with Gasteiger partial charge in [-0.15, -0.1) is 5.10 Å². The number of aromatic nitrogens is 5. The van der Waals surface area contributed by atoms with Gasteiger partial charge in [-0.25, -0.2) is 9.50 Å². The number of carbonyl (C=O) groups excluding carboxylic acids is 1. The molecule has 0 atom stereocenters. The fraction of sp³-hybridized carbons (Fsp3) is 0.238. The first-order chi connectivity index (χ1) is 13.6. The molecule has 3 aromatic heterocycles. The van der Waals surface area contributed by atoms with Crippen LogP contribution in [0, 0.1) is 0 Å². The minimum atomic E-state index is 0.0110. The zero-order chi connectivity index (χ0) is 19.3. The smallest absolute Gasteiger partial charge is 0.257 e. The van der Waals surface area contributed by atoms with Gasteiger partial charge in [-0.05, 0) is 25.0 Å². The van der Waals surface area contributed by atoms with Crippen molar-refractivity contribution in [3.8, 4) is 22.6 Å². The van der Waals surface area contributed by atoms with Crippen molar-refractivity contribution >= 4 is 11.6 Å². The van der Waals surface area contributed by atoms with Gasteiger partial charge in [-0.1, -0.05) is 30.3 Å². The van der Waals surface area contributed by atoms with Crippen molar-refractivity contribution in [2.45, 2.75) is 18.9 Å². The lowest BCUT2D eigenvalue weighted by molar-refractivity contribution is 0.0786. The highest BCUT2D eigenvalue weighted by Crippen LogP contribution is 2.30. The summed E-state index contributed by atoms with van der Waals surface area (Å²) in [5, 5.41) is 8.89. The molecule has 0 aliphatic heterocycles. The summed E-state index contributed by atoms with van der Waals surface area (Å²) < 4.78 is 3.49. The maximum Gasteiger partial charge on any atom is 0.257 e. The van der Waals surface area contributed by atoms with E-state index in [0.29, 0.717) is 17.4 Å². The number of fused-ring (bicyclic) bond motifs is 1. The summed E-state index contributed by atoms with van der Waals surface area (Å²) in [6.07, 6.45) is 5.67. The van der Waals surface area contributed by atoms with E-state index in [2.05, 4.69) is 15.2 Å². The maximum absolute atomic E-state index is 12.9. The number of carbonyl (C=O) groups is 1. The van der Waals surface area contributed by atoms with Gasteiger partial charge in [0.25, 0.3) is 5.91 Å². The van der Waals surface area contributed by atoms with Crippen LogP contribution in [0.2, 0.25) is 0 Å². The first kappa shape index (κ1) is 16.7. The van der Waals surface area contributed by atoms with Gasteiger partial charge in [-0.3, -0.25) is 9.48 Å². The first-order valence-corrected chi connectivity index (χ1v) is 9.33. The van der Waals surface area contributed by atoms with Gasteiger partial charge in [0.1, 0.15) is 0 Å². The Labute approximate surface area is 162 Å². The molecule has 0 spiro atoms. The van der Waals surface area contributed by atoms with E-state index in [0.717, 1.165) is 35.3 Å². The molecule has 1 aromatic carbocycles. The van der Waals surface area contributed by atoms with Gasteiger partial charge in [0.2, 0.25) is 0 Å². The Bertz CT molecular complexity index is 1170. The van der Waals surface area contributed by atoms with Crippen LogP contribution in [0.4, 0.5) is 0 Å². The molecular formula is C21H20N6O. The molecule has 7 nitrogen and oxygen atoms in total. The molecule has 0 unspecified atom stereocenters. The number of aryl methyl sites for hydroxylation is 1. The minimum absolute atomic E-state index is 0.0110. The number of rotatable bonds is 4. The molecule has 1 aliphatic rings. The van der Waals surface area contributed by atoms with Crippen LogP contribution in [0.3, 0.4) is 0 Å². The van der Waals surface area contributed by atoms with Gasteiger partial charge in [0, 0.05) is 37.5 Å². The van der Waals surface area contributed by atoms with E-state index in [-0.39, 0.29) is 5.91 Å². The summed E-state index contributed by atoms with van der Waals surface area (Å²) in [6, 6.07) is 14.1. The summed E-state index contributed by atoms with van der Waals surface area (Å²) in [5.41, 5.74) is 4.00. The van der Waals surface area contributed by atoms with Crippen LogP contribution in [-0.2, 0) is 7.05 Å². The fourth-order valence-electron chi connectivity index (χ4n) is 3.49. The van der Waals surface area contributed by atoms with Crippen molar-refractivity contribution in [3.05, 3.63) is 60.4 Å². The van der Waals surface area contributed by atoms with Crippen LogP contribution in [0.25, 0.3) is 28.3 Å². The van der Waals surface area contributed by atoms with Crippen LogP contribution in [0.5, 0.6) is 0 Å². The van der Waals surface area contributed by atoms with Crippen molar-refractivity contribution in [1.82, 2.24) is 29.3 Å². The Kier molecular flexibility index (Phi) is 3.75. The molecule has 140 valence electrons. The Morgan fingerprint density at radius 3 is 2.68 bits per heavy atom. The molecule has 1 saturated carbocycles. The molecule has 7 heteroatoms. The molecule has 0 bridgehead atoms. The summed E-state index contributed by atoms with van der Waals surface area (Å²) in [5.74, 6) is 0.685. The van der Waals surface area contributed by atoms with E-state index in [1.165, 1.54) is 0 Å². The fourth-order valence-corrected chi connectivity index (χ4v) is 3.49. The molecule has 4 aromatic rings. The number of hydrogen-bond acceptors (Lipinski definition) is 4. The molecule has 28 heavy (non-hydrogen) atoms. The van der Waals surface area contributed by atoms with Crippen molar-refractivity contribution in [3.63, 3.8) is 0 Å². The molecule has 0 N–H and O–H groups in total. The lowest BCUT2D eigenvalue weighted by atomic mass is 10.1. The second kappa shape index (κ2) is 6.30. The highest BCUT2D eigenvalue weighted by Gasteiger charge is 2.32. The van der Waals surface area contributed by atoms with E-state index in [9.17, 15) is 4.79 Å². The molecule has 5 rings (SSSR count). The van der Waals surface area contributed by atoms with E-state index in [1.54, 1.807) is 15.4 Å². The standard InChI is InChI=1S/C21H20N6O/c1-25(16-8-9-16)21(28)17-13-22-26(2)19(17)15-10-11-27-18(12-15)23-20(24-27)14-6-4-3-5-7-14/h3-7,10-13,16H,8-9H2,1-2H3. The quantitative estimate of drug-likeness (QED) is 0.552. The average Bonchev–Trinajstić information content (AvgIpc) is 3.37. The van der Waals surface area contributed by atoms with Crippen molar-refractivity contribution < 1.29 is 4.79 Å². The number of nitrogens with zero attached hydrogens (tertiary/aromatic N) is 6. The highest BCUT2D eigenvalue weighted by molar-refractivity contribution is 6.00. The summed E-state index contributed by atoms with van der Waals surface area (Å²) in [7, 11) is 3.72. The third kappa shape index (κ3) is 2.76. The van der Waals surface area contributed by atoms with E-state index in [4.69, 9.17) is 0 Å². The Hall–Kier alpha value is -3.48. The number of benzene rings is 1. The molecule has 3 heterocycles. The molecule has 1 aliphatic carbocycles. The van der Waals surface area contributed by atoms with Gasteiger partial charge in [0.15, 0.2) is 11.5 Å². The minimum Gasteiger partial charge on any atom is -0.339 e. The second-order valence-corrected chi connectivity index (χ2v) is 7.20. The van der Waals surface area contributed by atoms with Gasteiger partial charge < -0.3 is 4.90 Å². The molecule has 1 fully saturated rings. The molecule has 1 amide bonds. The van der Waals surface area contributed by atoms with Gasteiger partial charge in [0.05, 0.1) is 17.5 Å². The van der Waals surface area contributed by atoms with E-state index < -0.39 is 0 Å². The Balaban J connectivity index is 1.56. The third-order valence-corrected chi connectivity index (χ3v) is 5.23. The van der Waals surface area contributed by atoms with Crippen LogP contribution in [0.1, 0.15) is 23.2 Å². The summed E-state index contributed by atoms with van der Waals surface area (Å²) >= 11 is 0. The van der Waals surface area contributed by atoms with Crippen molar-refractivity contribution in [2.75, 3.05) is 7.05 Å². The zero-order valence-corrected chi connectivity index (χ0v) is 15.8. The van der Waals surface area contributed by atoms with Gasteiger partial charge in [-0.2, -0.15) is 5.10 Å². The van der Waals surface area contributed by atoms with Crippen LogP contribution in [0.15, 0.2) is 54.9 Å². The molecule has 0 saturated heterocycles. The lowest BCUT2D eigenvalue weighted by Gasteiger charge is -2.16. The number of hydrogen-bond donors (Lipinski definition) is 0. The van der Waals surface area contributed by atoms with E-state index in [1.807, 2.05) is 67.7 Å². The molecular weight excluding hydrogens is 352 g/mol.